The summed E-state index contributed by atoms with van der Waals surface area (Å²) in [6.45, 7) is 2.08. The summed E-state index contributed by atoms with van der Waals surface area (Å²) < 4.78 is 30.1. The van der Waals surface area contributed by atoms with Gasteiger partial charge in [0.25, 0.3) is 15.9 Å². The molecular weight excluding hydrogens is 486 g/mol. The second-order valence-electron chi connectivity index (χ2n) is 6.39. The van der Waals surface area contributed by atoms with Crippen LogP contribution in [-0.4, -0.2) is 35.9 Å². The number of benzene rings is 2. The van der Waals surface area contributed by atoms with Gasteiger partial charge in [-0.15, -0.1) is 4.40 Å². The smallest absolute Gasteiger partial charge is 0.284 e. The molecule has 1 fully saturated rings. The molecule has 30 heavy (non-hydrogen) atoms. The summed E-state index contributed by atoms with van der Waals surface area (Å²) in [5, 5.41) is 1.14. The molecule has 0 N–H and O–H groups in total. The molecular formula is C21H16BrN3O3S2. The number of hydrogen-bond acceptors (Lipinski definition) is 5. The average molecular weight is 502 g/mol. The third-order valence-corrected chi connectivity index (χ3v) is 7.35. The normalized spacial score (nSPS) is 17.4. The van der Waals surface area contributed by atoms with Crippen LogP contribution in [0.25, 0.3) is 17.0 Å². The first kappa shape index (κ1) is 20.8. The van der Waals surface area contributed by atoms with Crippen LogP contribution >= 0.6 is 27.7 Å². The summed E-state index contributed by atoms with van der Waals surface area (Å²) in [5.74, 6) is -0.290. The Morgan fingerprint density at radius 3 is 2.57 bits per heavy atom. The van der Waals surface area contributed by atoms with Crippen molar-refractivity contribution in [3.05, 3.63) is 75.7 Å². The lowest BCUT2D eigenvalue weighted by molar-refractivity contribution is -0.122. The van der Waals surface area contributed by atoms with Crippen LogP contribution in [0.1, 0.15) is 12.6 Å². The number of thioether (sulfide) groups is 1. The summed E-state index contributed by atoms with van der Waals surface area (Å²) in [6, 6.07) is 17.7. The van der Waals surface area contributed by atoms with E-state index in [-0.39, 0.29) is 16.0 Å². The Balaban J connectivity index is 1.69. The van der Waals surface area contributed by atoms with E-state index >= 15 is 0 Å². The van der Waals surface area contributed by atoms with Gasteiger partial charge in [-0.3, -0.25) is 9.69 Å². The molecule has 9 heteroatoms. The van der Waals surface area contributed by atoms with Gasteiger partial charge in [-0.25, -0.2) is 4.98 Å². The van der Waals surface area contributed by atoms with Crippen molar-refractivity contribution in [1.29, 1.82) is 0 Å². The molecule has 152 valence electrons. The van der Waals surface area contributed by atoms with Gasteiger partial charge in [-0.2, -0.15) is 8.42 Å². The van der Waals surface area contributed by atoms with Crippen molar-refractivity contribution in [3.8, 4) is 0 Å². The summed E-state index contributed by atoms with van der Waals surface area (Å²) in [4.78, 5) is 19.2. The zero-order valence-electron chi connectivity index (χ0n) is 15.8. The number of hydrogen-bond donors (Lipinski definition) is 0. The summed E-state index contributed by atoms with van der Waals surface area (Å²) in [7, 11) is -3.94. The van der Waals surface area contributed by atoms with E-state index < -0.39 is 10.0 Å². The highest BCUT2D eigenvalue weighted by Crippen LogP contribution is 2.33. The lowest BCUT2D eigenvalue weighted by atomic mass is 10.2. The Morgan fingerprint density at radius 1 is 1.10 bits per heavy atom. The fraction of sp³-hybridized carbons (Fsp3) is 0.0952. The maximum Gasteiger partial charge on any atom is 0.284 e. The maximum atomic E-state index is 12.8. The van der Waals surface area contributed by atoms with Gasteiger partial charge in [0.1, 0.15) is 0 Å². The van der Waals surface area contributed by atoms with Crippen LogP contribution in [0.15, 0.2) is 79.3 Å². The van der Waals surface area contributed by atoms with Crippen LogP contribution in [0.2, 0.25) is 0 Å². The van der Waals surface area contributed by atoms with E-state index in [0.29, 0.717) is 17.1 Å². The molecule has 1 amide bonds. The van der Waals surface area contributed by atoms with Gasteiger partial charge < -0.3 is 0 Å². The number of pyridine rings is 1. The minimum absolute atomic E-state index is 0.0657. The quantitative estimate of drug-likeness (QED) is 0.485. The van der Waals surface area contributed by atoms with E-state index in [1.54, 1.807) is 25.1 Å². The number of para-hydroxylation sites is 1. The summed E-state index contributed by atoms with van der Waals surface area (Å²) >= 11 is 4.32. The van der Waals surface area contributed by atoms with Crippen molar-refractivity contribution in [1.82, 2.24) is 9.88 Å². The topological polar surface area (TPSA) is 79.7 Å². The van der Waals surface area contributed by atoms with E-state index in [1.807, 2.05) is 36.4 Å². The number of carbonyl (C=O) groups is 1. The number of fused-ring (bicyclic) bond motifs is 1. The van der Waals surface area contributed by atoms with Crippen molar-refractivity contribution < 1.29 is 13.2 Å². The minimum Gasteiger partial charge on any atom is -0.286 e. The molecule has 4 rings (SSSR count). The Hall–Kier alpha value is -2.49. The highest BCUT2D eigenvalue weighted by atomic mass is 79.9. The Morgan fingerprint density at radius 2 is 1.83 bits per heavy atom. The zero-order chi connectivity index (χ0) is 21.3. The number of halogens is 1. The SMILES string of the molecule is CCN1C(=O)C(=Cc2ccc3ccccc3n2)SC1=NS(=O)(=O)c1ccc(Br)cc1. The number of aromatic nitrogens is 1. The predicted molar refractivity (Wildman–Crippen MR) is 123 cm³/mol. The Kier molecular flexibility index (Phi) is 5.77. The monoisotopic (exact) mass is 501 g/mol. The number of amidine groups is 1. The van der Waals surface area contributed by atoms with E-state index in [2.05, 4.69) is 25.3 Å². The summed E-state index contributed by atoms with van der Waals surface area (Å²) in [6.07, 6.45) is 1.66. The standard InChI is InChI=1S/C21H16BrN3O3S2/c1-2-25-20(26)19(13-16-10-7-14-5-3-4-6-18(14)23-16)29-21(25)24-30(27,28)17-11-8-15(22)9-12-17/h3-13H,2H2,1H3. The number of nitrogens with zero attached hydrogens (tertiary/aromatic N) is 3. The minimum atomic E-state index is -3.94. The van der Waals surface area contributed by atoms with Crippen LogP contribution in [0.4, 0.5) is 0 Å². The first-order valence-electron chi connectivity index (χ1n) is 9.05. The molecule has 0 bridgehead atoms. The van der Waals surface area contributed by atoms with Crippen LogP contribution in [0.5, 0.6) is 0 Å². The van der Waals surface area contributed by atoms with Gasteiger partial charge >= 0.3 is 0 Å². The number of amides is 1. The van der Waals surface area contributed by atoms with Crippen LogP contribution in [-0.2, 0) is 14.8 Å². The first-order valence-corrected chi connectivity index (χ1v) is 12.1. The molecule has 0 radical (unpaired) electrons. The molecule has 1 aliphatic heterocycles. The largest absolute Gasteiger partial charge is 0.286 e. The van der Waals surface area contributed by atoms with E-state index in [4.69, 9.17) is 0 Å². The molecule has 0 unspecified atom stereocenters. The lowest BCUT2D eigenvalue weighted by Gasteiger charge is -2.11. The number of carbonyl (C=O) groups excluding carboxylic acids is 1. The fourth-order valence-electron chi connectivity index (χ4n) is 2.91. The van der Waals surface area contributed by atoms with Crippen LogP contribution < -0.4 is 0 Å². The molecule has 0 atom stereocenters. The fourth-order valence-corrected chi connectivity index (χ4v) is 5.41. The molecule has 2 heterocycles. The third kappa shape index (κ3) is 4.19. The van der Waals surface area contributed by atoms with Gasteiger partial charge in [-0.05, 0) is 61.2 Å². The van der Waals surface area contributed by atoms with Gasteiger partial charge in [-0.1, -0.05) is 40.2 Å². The number of rotatable bonds is 4. The Bertz CT molecular complexity index is 1300. The van der Waals surface area contributed by atoms with Crippen molar-refractivity contribution in [2.24, 2.45) is 4.40 Å². The van der Waals surface area contributed by atoms with Gasteiger partial charge in [0, 0.05) is 16.4 Å². The molecule has 1 aliphatic rings. The highest BCUT2D eigenvalue weighted by molar-refractivity contribution is 9.10. The van der Waals surface area contributed by atoms with Gasteiger partial charge in [0.15, 0.2) is 5.17 Å². The molecule has 1 saturated heterocycles. The first-order chi connectivity index (χ1) is 14.4. The molecule has 0 aliphatic carbocycles. The van der Waals surface area contributed by atoms with Crippen molar-refractivity contribution in [2.45, 2.75) is 11.8 Å². The molecule has 2 aromatic carbocycles. The molecule has 0 saturated carbocycles. The average Bonchev–Trinajstić information content (AvgIpc) is 3.01. The third-order valence-electron chi connectivity index (χ3n) is 4.41. The second kappa shape index (κ2) is 8.33. The number of sulfonamides is 1. The molecule has 6 nitrogen and oxygen atoms in total. The maximum absolute atomic E-state index is 12.8. The highest BCUT2D eigenvalue weighted by Gasteiger charge is 2.34. The molecule has 3 aromatic rings. The van der Waals surface area contributed by atoms with Crippen LogP contribution in [0.3, 0.4) is 0 Å². The lowest BCUT2D eigenvalue weighted by Crippen LogP contribution is -2.29. The van der Waals surface area contributed by atoms with Crippen molar-refractivity contribution in [3.63, 3.8) is 0 Å². The molecule has 0 spiro atoms. The zero-order valence-corrected chi connectivity index (χ0v) is 19.0. The second-order valence-corrected chi connectivity index (χ2v) is 9.92. The van der Waals surface area contributed by atoms with Gasteiger partial charge in [0.05, 0.1) is 21.0 Å². The van der Waals surface area contributed by atoms with Crippen molar-refractivity contribution >= 4 is 65.8 Å². The van der Waals surface area contributed by atoms with E-state index in [9.17, 15) is 13.2 Å². The summed E-state index contributed by atoms with van der Waals surface area (Å²) in [5.41, 5.74) is 1.44. The predicted octanol–water partition coefficient (Wildman–Crippen LogP) is 4.68. The number of likely N-dealkylation sites (N-methyl/N-ethyl adjacent to an activating group) is 1. The Labute approximate surface area is 186 Å². The van der Waals surface area contributed by atoms with Crippen molar-refractivity contribution in [2.75, 3.05) is 6.54 Å². The van der Waals surface area contributed by atoms with E-state index in [0.717, 1.165) is 27.1 Å². The van der Waals surface area contributed by atoms with Gasteiger partial charge in [0.2, 0.25) is 0 Å². The molecule has 1 aromatic heterocycles. The van der Waals surface area contributed by atoms with Crippen LogP contribution in [0, 0.1) is 0 Å². The van der Waals surface area contributed by atoms with E-state index in [1.165, 1.54) is 17.0 Å².